The minimum absolute atomic E-state index is 0.0509. The summed E-state index contributed by atoms with van der Waals surface area (Å²) in [6, 6.07) is 5.84. The van der Waals surface area contributed by atoms with Gasteiger partial charge in [-0.15, -0.1) is 0 Å². The van der Waals surface area contributed by atoms with Crippen molar-refractivity contribution in [3.05, 3.63) is 39.4 Å². The van der Waals surface area contributed by atoms with Gasteiger partial charge in [0.05, 0.1) is 23.3 Å². The molecule has 1 fully saturated rings. The lowest BCUT2D eigenvalue weighted by atomic mass is 10.1. The van der Waals surface area contributed by atoms with Crippen LogP contribution in [-0.2, 0) is 0 Å². The van der Waals surface area contributed by atoms with Gasteiger partial charge in [0.1, 0.15) is 0 Å². The van der Waals surface area contributed by atoms with Gasteiger partial charge in [0.2, 0.25) is 0 Å². The van der Waals surface area contributed by atoms with E-state index in [1.54, 1.807) is 10.9 Å². The third-order valence-corrected chi connectivity index (χ3v) is 4.07. The van der Waals surface area contributed by atoms with Crippen molar-refractivity contribution in [2.24, 2.45) is 0 Å². The lowest BCUT2D eigenvalue weighted by Crippen LogP contribution is -2.36. The number of aromatic nitrogens is 2. The van der Waals surface area contributed by atoms with Crippen molar-refractivity contribution in [2.75, 3.05) is 13.1 Å². The van der Waals surface area contributed by atoms with Gasteiger partial charge in [-0.2, -0.15) is 0 Å². The van der Waals surface area contributed by atoms with Gasteiger partial charge in [-0.3, -0.25) is 9.36 Å². The molecule has 0 radical (unpaired) electrons. The van der Waals surface area contributed by atoms with Crippen LogP contribution < -0.4 is 10.9 Å². The Kier molecular flexibility index (Phi) is 3.18. The highest BCUT2D eigenvalue weighted by Crippen LogP contribution is 2.20. The van der Waals surface area contributed by atoms with Crippen LogP contribution in [0.3, 0.4) is 0 Å². The largest absolute Gasteiger partial charge is 0.315 e. The monoisotopic (exact) mass is 307 g/mol. The van der Waals surface area contributed by atoms with Crippen molar-refractivity contribution < 1.29 is 0 Å². The van der Waals surface area contributed by atoms with E-state index in [1.165, 1.54) is 0 Å². The van der Waals surface area contributed by atoms with E-state index in [-0.39, 0.29) is 11.6 Å². The zero-order valence-corrected chi connectivity index (χ0v) is 11.5. The number of para-hydroxylation sites is 1. The molecule has 2 heterocycles. The second-order valence-corrected chi connectivity index (χ2v) is 5.45. The van der Waals surface area contributed by atoms with Crippen molar-refractivity contribution in [1.29, 1.82) is 0 Å². The van der Waals surface area contributed by atoms with Crippen molar-refractivity contribution in [3.63, 3.8) is 0 Å². The number of hydrogen-bond donors (Lipinski definition) is 1. The zero-order valence-electron chi connectivity index (χ0n) is 9.90. The van der Waals surface area contributed by atoms with Crippen molar-refractivity contribution >= 4 is 26.8 Å². The summed E-state index contributed by atoms with van der Waals surface area (Å²) in [7, 11) is 0. The smallest absolute Gasteiger partial charge is 0.261 e. The predicted octanol–water partition coefficient (Wildman–Crippen LogP) is 2.08. The summed E-state index contributed by atoms with van der Waals surface area (Å²) in [6.45, 7) is 1.89. The maximum absolute atomic E-state index is 12.5. The Morgan fingerprint density at radius 2 is 2.33 bits per heavy atom. The van der Waals surface area contributed by atoms with Crippen LogP contribution in [-0.4, -0.2) is 22.6 Å². The molecular formula is C13H14BrN3O. The van der Waals surface area contributed by atoms with Gasteiger partial charge in [0.15, 0.2) is 0 Å². The zero-order chi connectivity index (χ0) is 12.5. The van der Waals surface area contributed by atoms with Gasteiger partial charge in [-0.25, -0.2) is 4.98 Å². The van der Waals surface area contributed by atoms with Gasteiger partial charge >= 0.3 is 0 Å². The molecule has 1 aliphatic rings. The van der Waals surface area contributed by atoms with Gasteiger partial charge in [0, 0.05) is 11.0 Å². The molecule has 5 heteroatoms. The highest BCUT2D eigenvalue weighted by molar-refractivity contribution is 9.10. The first-order valence-electron chi connectivity index (χ1n) is 6.13. The molecule has 2 aromatic rings. The quantitative estimate of drug-likeness (QED) is 0.877. The average Bonchev–Trinajstić information content (AvgIpc) is 2.41. The molecule has 4 nitrogen and oxygen atoms in total. The number of nitrogens with zero attached hydrogens (tertiary/aromatic N) is 2. The van der Waals surface area contributed by atoms with E-state index in [0.717, 1.165) is 35.9 Å². The molecule has 0 saturated carbocycles. The van der Waals surface area contributed by atoms with Crippen LogP contribution in [0.1, 0.15) is 18.9 Å². The van der Waals surface area contributed by atoms with Crippen LogP contribution in [0.25, 0.3) is 10.9 Å². The van der Waals surface area contributed by atoms with Crippen LogP contribution in [0.15, 0.2) is 33.8 Å². The molecule has 1 aromatic heterocycles. The number of nitrogens with one attached hydrogen (secondary N) is 1. The first kappa shape index (κ1) is 11.9. The second kappa shape index (κ2) is 4.82. The maximum Gasteiger partial charge on any atom is 0.261 e. The number of fused-ring (bicyclic) bond motifs is 1. The molecule has 0 spiro atoms. The summed E-state index contributed by atoms with van der Waals surface area (Å²) in [5.41, 5.74) is 0.789. The molecule has 18 heavy (non-hydrogen) atoms. The molecule has 1 aromatic carbocycles. The summed E-state index contributed by atoms with van der Waals surface area (Å²) in [5, 5.41) is 4.00. The Labute approximate surface area is 113 Å². The number of rotatable bonds is 1. The lowest BCUT2D eigenvalue weighted by Gasteiger charge is -2.24. The first-order valence-corrected chi connectivity index (χ1v) is 6.93. The third kappa shape index (κ3) is 1.97. The van der Waals surface area contributed by atoms with E-state index in [0.29, 0.717) is 5.39 Å². The van der Waals surface area contributed by atoms with E-state index < -0.39 is 0 Å². The van der Waals surface area contributed by atoms with Gasteiger partial charge in [-0.1, -0.05) is 6.07 Å². The van der Waals surface area contributed by atoms with Crippen molar-refractivity contribution in [1.82, 2.24) is 14.9 Å². The molecule has 3 rings (SSSR count). The maximum atomic E-state index is 12.5. The summed E-state index contributed by atoms with van der Waals surface area (Å²) in [5.74, 6) is 0. The lowest BCUT2D eigenvalue weighted by molar-refractivity contribution is 0.363. The molecule has 1 aliphatic heterocycles. The van der Waals surface area contributed by atoms with E-state index >= 15 is 0 Å². The Morgan fingerprint density at radius 1 is 1.44 bits per heavy atom. The van der Waals surface area contributed by atoms with Crippen LogP contribution in [0.2, 0.25) is 0 Å². The molecular weight excluding hydrogens is 294 g/mol. The number of hydrogen-bond acceptors (Lipinski definition) is 3. The average molecular weight is 308 g/mol. The second-order valence-electron chi connectivity index (χ2n) is 4.59. The molecule has 1 N–H and O–H groups in total. The Balaban J connectivity index is 2.14. The number of piperidine rings is 1. The molecule has 1 unspecified atom stereocenters. The fourth-order valence-electron chi connectivity index (χ4n) is 2.46. The van der Waals surface area contributed by atoms with E-state index in [2.05, 4.69) is 26.2 Å². The van der Waals surface area contributed by atoms with E-state index in [9.17, 15) is 4.79 Å². The van der Waals surface area contributed by atoms with Crippen molar-refractivity contribution in [3.8, 4) is 0 Å². The molecule has 0 amide bonds. The van der Waals surface area contributed by atoms with Gasteiger partial charge < -0.3 is 5.32 Å². The van der Waals surface area contributed by atoms with Crippen LogP contribution in [0.4, 0.5) is 0 Å². The molecule has 94 valence electrons. The summed E-state index contributed by atoms with van der Waals surface area (Å²) >= 11 is 3.43. The minimum Gasteiger partial charge on any atom is -0.315 e. The molecule has 1 saturated heterocycles. The minimum atomic E-state index is 0.0509. The topological polar surface area (TPSA) is 46.9 Å². The van der Waals surface area contributed by atoms with Gasteiger partial charge in [0.25, 0.3) is 5.56 Å². The number of halogens is 1. The SMILES string of the molecule is O=c1c2cccc(Br)c2ncn1C1CCCNC1. The highest BCUT2D eigenvalue weighted by atomic mass is 79.9. The summed E-state index contributed by atoms with van der Waals surface area (Å²) in [6.07, 6.45) is 3.81. The highest BCUT2D eigenvalue weighted by Gasteiger charge is 2.17. The van der Waals surface area contributed by atoms with Gasteiger partial charge in [-0.05, 0) is 47.4 Å². The summed E-state index contributed by atoms with van der Waals surface area (Å²) < 4.78 is 2.63. The fraction of sp³-hybridized carbons (Fsp3) is 0.385. The predicted molar refractivity (Wildman–Crippen MR) is 74.8 cm³/mol. The number of benzene rings is 1. The Hall–Kier alpha value is -1.20. The van der Waals surface area contributed by atoms with E-state index in [4.69, 9.17) is 0 Å². The van der Waals surface area contributed by atoms with Crippen molar-refractivity contribution in [2.45, 2.75) is 18.9 Å². The Morgan fingerprint density at radius 3 is 3.11 bits per heavy atom. The summed E-state index contributed by atoms with van der Waals surface area (Å²) in [4.78, 5) is 16.9. The normalized spacial score (nSPS) is 20.2. The molecule has 1 atom stereocenters. The third-order valence-electron chi connectivity index (χ3n) is 3.43. The standard InChI is InChI=1S/C13H14BrN3O/c14-11-5-1-4-10-12(11)16-8-17(13(10)18)9-3-2-6-15-7-9/h1,4-5,8-9,15H,2-3,6-7H2. The Bertz CT molecular complexity index is 632. The van der Waals surface area contributed by atoms with Crippen LogP contribution in [0, 0.1) is 0 Å². The van der Waals surface area contributed by atoms with Crippen LogP contribution in [0.5, 0.6) is 0 Å². The molecule has 0 bridgehead atoms. The van der Waals surface area contributed by atoms with E-state index in [1.807, 2.05) is 18.2 Å². The fourth-order valence-corrected chi connectivity index (χ4v) is 2.93. The molecule has 0 aliphatic carbocycles. The first-order chi connectivity index (χ1) is 8.77. The van der Waals surface area contributed by atoms with Crippen LogP contribution >= 0.6 is 15.9 Å².